The number of piperazine rings is 1. The zero-order valence-electron chi connectivity index (χ0n) is 16.4. The number of halogens is 2. The largest absolute Gasteiger partial charge is 0.490 e. The molecule has 1 saturated heterocycles. The summed E-state index contributed by atoms with van der Waals surface area (Å²) in [5.41, 5.74) is 6.19. The first kappa shape index (κ1) is 20.7. The number of ether oxygens (including phenoxy) is 1. The maximum absolute atomic E-state index is 13.9. The van der Waals surface area contributed by atoms with Crippen molar-refractivity contribution in [2.45, 2.75) is 6.54 Å². The lowest BCUT2D eigenvalue weighted by atomic mass is 10.2. The fraction of sp³-hybridized carbons (Fsp3) is 0.333. The molecule has 0 radical (unpaired) electrons. The molecule has 158 valence electrons. The predicted octanol–water partition coefficient (Wildman–Crippen LogP) is 1.92. The maximum Gasteiger partial charge on any atom is 0.266 e. The first-order chi connectivity index (χ1) is 14.6. The van der Waals surface area contributed by atoms with Crippen LogP contribution in [0.5, 0.6) is 5.75 Å². The van der Waals surface area contributed by atoms with Crippen LogP contribution in [0.25, 0.3) is 16.6 Å². The number of hydrogen-bond donors (Lipinski definition) is 2. The van der Waals surface area contributed by atoms with Crippen molar-refractivity contribution < 1.29 is 9.13 Å². The van der Waals surface area contributed by atoms with Gasteiger partial charge in [0, 0.05) is 43.8 Å². The second-order valence-corrected chi connectivity index (χ2v) is 7.54. The lowest BCUT2D eigenvalue weighted by molar-refractivity contribution is 0.226. The van der Waals surface area contributed by atoms with Gasteiger partial charge in [0.2, 0.25) is 0 Å². The number of aromatic nitrogens is 2. The molecule has 0 bridgehead atoms. The number of fused-ring (bicyclic) bond motifs is 1. The van der Waals surface area contributed by atoms with Crippen molar-refractivity contribution in [3.63, 3.8) is 0 Å². The van der Waals surface area contributed by atoms with Gasteiger partial charge in [0.25, 0.3) is 5.56 Å². The van der Waals surface area contributed by atoms with Gasteiger partial charge in [-0.05, 0) is 30.3 Å². The summed E-state index contributed by atoms with van der Waals surface area (Å²) in [5, 5.41) is 4.00. The van der Waals surface area contributed by atoms with Gasteiger partial charge in [-0.15, -0.1) is 0 Å². The number of nitrogens with two attached hydrogens (primary N) is 1. The van der Waals surface area contributed by atoms with Crippen LogP contribution in [0.2, 0.25) is 5.02 Å². The molecule has 0 atom stereocenters. The molecule has 3 N–H and O–H groups in total. The molecule has 7 nitrogen and oxygen atoms in total. The number of rotatable bonds is 6. The van der Waals surface area contributed by atoms with Crippen LogP contribution in [0, 0.1) is 5.82 Å². The minimum Gasteiger partial charge on any atom is -0.490 e. The fourth-order valence-corrected chi connectivity index (χ4v) is 3.75. The number of hydrogen-bond acceptors (Lipinski definition) is 6. The quantitative estimate of drug-likeness (QED) is 0.620. The molecule has 0 unspecified atom stereocenters. The van der Waals surface area contributed by atoms with Crippen molar-refractivity contribution in [3.05, 3.63) is 63.4 Å². The maximum atomic E-state index is 13.9. The van der Waals surface area contributed by atoms with Crippen molar-refractivity contribution in [2.24, 2.45) is 5.73 Å². The van der Waals surface area contributed by atoms with E-state index in [0.717, 1.165) is 26.2 Å². The van der Waals surface area contributed by atoms with E-state index in [2.05, 4.69) is 10.2 Å². The molecular weight excluding hydrogens is 409 g/mol. The van der Waals surface area contributed by atoms with Gasteiger partial charge in [-0.1, -0.05) is 11.6 Å². The Balaban J connectivity index is 1.91. The highest BCUT2D eigenvalue weighted by Crippen LogP contribution is 2.28. The van der Waals surface area contributed by atoms with Crippen molar-refractivity contribution >= 4 is 22.5 Å². The Morgan fingerprint density at radius 3 is 2.77 bits per heavy atom. The van der Waals surface area contributed by atoms with E-state index in [1.165, 1.54) is 22.8 Å². The van der Waals surface area contributed by atoms with Crippen LogP contribution in [0.1, 0.15) is 5.82 Å². The Kier molecular flexibility index (Phi) is 6.29. The monoisotopic (exact) mass is 431 g/mol. The Labute approximate surface area is 178 Å². The lowest BCUT2D eigenvalue weighted by Crippen LogP contribution is -2.44. The van der Waals surface area contributed by atoms with Gasteiger partial charge in [-0.3, -0.25) is 14.3 Å². The highest BCUT2D eigenvalue weighted by atomic mass is 35.5. The van der Waals surface area contributed by atoms with E-state index in [0.29, 0.717) is 40.9 Å². The summed E-state index contributed by atoms with van der Waals surface area (Å²) < 4.78 is 21.1. The standard InChI is InChI=1S/C21H23ClFN5O2/c22-14-1-4-18(19(11-14)30-10-5-24)28-20(13-27-8-6-25-7-9-27)26-17-3-2-15(23)12-16(17)21(28)29/h1-4,11-12,25H,5-10,13,24H2. The molecule has 30 heavy (non-hydrogen) atoms. The summed E-state index contributed by atoms with van der Waals surface area (Å²) >= 11 is 6.16. The number of nitrogens with one attached hydrogen (secondary N) is 1. The Morgan fingerprint density at radius 2 is 2.00 bits per heavy atom. The average molecular weight is 432 g/mol. The summed E-state index contributed by atoms with van der Waals surface area (Å²) in [7, 11) is 0. The van der Waals surface area contributed by atoms with Crippen molar-refractivity contribution in [2.75, 3.05) is 39.3 Å². The molecule has 1 aliphatic heterocycles. The smallest absolute Gasteiger partial charge is 0.266 e. The van der Waals surface area contributed by atoms with Gasteiger partial charge in [0.1, 0.15) is 24.0 Å². The van der Waals surface area contributed by atoms with E-state index in [4.69, 9.17) is 27.1 Å². The highest BCUT2D eigenvalue weighted by molar-refractivity contribution is 6.30. The second-order valence-electron chi connectivity index (χ2n) is 7.11. The van der Waals surface area contributed by atoms with Gasteiger partial charge >= 0.3 is 0 Å². The molecule has 4 rings (SSSR count). The average Bonchev–Trinajstić information content (AvgIpc) is 2.75. The lowest BCUT2D eigenvalue weighted by Gasteiger charge is -2.28. The van der Waals surface area contributed by atoms with Crippen LogP contribution in [0.15, 0.2) is 41.2 Å². The molecule has 0 spiro atoms. The van der Waals surface area contributed by atoms with Crippen LogP contribution in [0.4, 0.5) is 4.39 Å². The molecule has 2 heterocycles. The fourth-order valence-electron chi connectivity index (χ4n) is 3.58. The number of benzene rings is 2. The van der Waals surface area contributed by atoms with E-state index >= 15 is 0 Å². The summed E-state index contributed by atoms with van der Waals surface area (Å²) in [6.45, 7) is 4.48. The van der Waals surface area contributed by atoms with Gasteiger partial charge < -0.3 is 15.8 Å². The third kappa shape index (κ3) is 4.32. The predicted molar refractivity (Wildman–Crippen MR) is 115 cm³/mol. The van der Waals surface area contributed by atoms with Crippen LogP contribution in [0.3, 0.4) is 0 Å². The summed E-state index contributed by atoms with van der Waals surface area (Å²) in [4.78, 5) is 20.4. The van der Waals surface area contributed by atoms with Crippen molar-refractivity contribution in [3.8, 4) is 11.4 Å². The molecule has 0 saturated carbocycles. The topological polar surface area (TPSA) is 85.4 Å². The normalized spacial score (nSPS) is 14.9. The van der Waals surface area contributed by atoms with E-state index in [1.807, 2.05) is 0 Å². The molecule has 3 aromatic rings. The summed E-state index contributed by atoms with van der Waals surface area (Å²) in [6.07, 6.45) is 0. The van der Waals surface area contributed by atoms with Crippen LogP contribution >= 0.6 is 11.6 Å². The first-order valence-corrected chi connectivity index (χ1v) is 10.2. The molecular formula is C21H23ClFN5O2. The van der Waals surface area contributed by atoms with Gasteiger partial charge in [-0.2, -0.15) is 0 Å². The molecule has 1 aliphatic rings. The van der Waals surface area contributed by atoms with Gasteiger partial charge in [-0.25, -0.2) is 9.37 Å². The molecule has 2 aromatic carbocycles. The van der Waals surface area contributed by atoms with Crippen molar-refractivity contribution in [1.29, 1.82) is 0 Å². The first-order valence-electron chi connectivity index (χ1n) is 9.84. The zero-order chi connectivity index (χ0) is 21.1. The molecule has 0 aliphatic carbocycles. The van der Waals surface area contributed by atoms with Gasteiger partial charge in [0.15, 0.2) is 0 Å². The zero-order valence-corrected chi connectivity index (χ0v) is 17.2. The Bertz CT molecular complexity index is 1110. The molecule has 0 amide bonds. The van der Waals surface area contributed by atoms with E-state index < -0.39 is 5.82 Å². The second kappa shape index (κ2) is 9.09. The van der Waals surface area contributed by atoms with Crippen LogP contribution < -0.4 is 21.3 Å². The van der Waals surface area contributed by atoms with Crippen LogP contribution in [-0.4, -0.2) is 53.8 Å². The SMILES string of the molecule is NCCOc1cc(Cl)ccc1-n1c(CN2CCNCC2)nc2ccc(F)cc2c1=O. The molecule has 1 fully saturated rings. The highest BCUT2D eigenvalue weighted by Gasteiger charge is 2.20. The van der Waals surface area contributed by atoms with Crippen molar-refractivity contribution in [1.82, 2.24) is 19.8 Å². The summed E-state index contributed by atoms with van der Waals surface area (Å²) in [6, 6.07) is 9.10. The number of nitrogens with zero attached hydrogens (tertiary/aromatic N) is 3. The van der Waals surface area contributed by atoms with Crippen LogP contribution in [-0.2, 0) is 6.54 Å². The van der Waals surface area contributed by atoms with Gasteiger partial charge in [0.05, 0.1) is 23.1 Å². The summed E-state index contributed by atoms with van der Waals surface area (Å²) in [5.74, 6) is 0.494. The Morgan fingerprint density at radius 1 is 1.20 bits per heavy atom. The molecule has 1 aromatic heterocycles. The van der Waals surface area contributed by atoms with E-state index in [9.17, 15) is 9.18 Å². The third-order valence-corrected chi connectivity index (χ3v) is 5.25. The Hall–Kier alpha value is -2.52. The van der Waals surface area contributed by atoms with E-state index in [-0.39, 0.29) is 17.6 Å². The minimum absolute atomic E-state index is 0.207. The third-order valence-electron chi connectivity index (χ3n) is 5.01. The minimum atomic E-state index is -0.487. The van der Waals surface area contributed by atoms with E-state index in [1.54, 1.807) is 18.2 Å². The molecule has 9 heteroatoms.